The van der Waals surface area contributed by atoms with Crippen LogP contribution >= 0.6 is 11.8 Å². The maximum atomic E-state index is 5.01. The van der Waals surface area contributed by atoms with E-state index in [1.807, 2.05) is 11.8 Å². The average Bonchev–Trinajstić information content (AvgIpc) is 2.68. The summed E-state index contributed by atoms with van der Waals surface area (Å²) >= 11 is 1.89. The first-order valence-electron chi connectivity index (χ1n) is 9.04. The van der Waals surface area contributed by atoms with Gasteiger partial charge in [-0.2, -0.15) is 0 Å². The van der Waals surface area contributed by atoms with E-state index in [4.69, 9.17) is 4.99 Å². The summed E-state index contributed by atoms with van der Waals surface area (Å²) in [5.41, 5.74) is 6.36. The van der Waals surface area contributed by atoms with E-state index in [0.29, 0.717) is 0 Å². The molecule has 0 amide bonds. The fourth-order valence-electron chi connectivity index (χ4n) is 3.74. The van der Waals surface area contributed by atoms with E-state index in [0.717, 1.165) is 10.7 Å². The second kappa shape index (κ2) is 6.77. The Morgan fingerprint density at radius 2 is 1.46 bits per heavy atom. The van der Waals surface area contributed by atoms with Crippen molar-refractivity contribution in [1.29, 1.82) is 0 Å². The van der Waals surface area contributed by atoms with Gasteiger partial charge in [-0.25, -0.2) is 4.99 Å². The fraction of sp³-hybridized carbons (Fsp3) is 0.208. The monoisotopic (exact) mass is 357 g/mol. The Morgan fingerprint density at radius 1 is 0.885 bits per heavy atom. The van der Waals surface area contributed by atoms with Gasteiger partial charge in [0.15, 0.2) is 0 Å². The number of rotatable bonds is 2. The molecule has 0 fully saturated rings. The van der Waals surface area contributed by atoms with E-state index in [9.17, 15) is 0 Å². The summed E-state index contributed by atoms with van der Waals surface area (Å²) in [6.45, 7) is 6.48. The van der Waals surface area contributed by atoms with Crippen LogP contribution < -0.4 is 0 Å². The molecule has 0 bridgehead atoms. The number of fused-ring (bicyclic) bond motifs is 1. The van der Waals surface area contributed by atoms with Gasteiger partial charge in [-0.3, -0.25) is 0 Å². The fourth-order valence-corrected chi connectivity index (χ4v) is 5.23. The summed E-state index contributed by atoms with van der Waals surface area (Å²) in [7, 11) is 0. The SMILES string of the molecule is CC1=CC2C(=NC(=C(C)C)SC2(c2ccccc2)c2ccccc2)C=C1. The van der Waals surface area contributed by atoms with Crippen molar-refractivity contribution < 1.29 is 0 Å². The highest BCUT2D eigenvalue weighted by Gasteiger charge is 2.47. The quantitative estimate of drug-likeness (QED) is 0.597. The molecule has 4 rings (SSSR count). The zero-order valence-electron chi connectivity index (χ0n) is 15.4. The molecule has 130 valence electrons. The van der Waals surface area contributed by atoms with Crippen molar-refractivity contribution in [2.24, 2.45) is 10.9 Å². The predicted octanol–water partition coefficient (Wildman–Crippen LogP) is 6.50. The lowest BCUT2D eigenvalue weighted by Crippen LogP contribution is -2.40. The first kappa shape index (κ1) is 17.1. The molecule has 2 aromatic rings. The van der Waals surface area contributed by atoms with Crippen LogP contribution in [0.3, 0.4) is 0 Å². The first-order valence-corrected chi connectivity index (χ1v) is 9.85. The molecular formula is C24H23NS. The van der Waals surface area contributed by atoms with Crippen molar-refractivity contribution in [3.05, 3.63) is 106 Å². The summed E-state index contributed by atoms with van der Waals surface area (Å²) in [6.07, 6.45) is 6.76. The Labute approximate surface area is 160 Å². The lowest BCUT2D eigenvalue weighted by atomic mass is 9.74. The summed E-state index contributed by atoms with van der Waals surface area (Å²) in [5.74, 6) is 0.213. The number of allylic oxidation sites excluding steroid dienone is 5. The van der Waals surface area contributed by atoms with Crippen LogP contribution in [0.4, 0.5) is 0 Å². The van der Waals surface area contributed by atoms with Crippen molar-refractivity contribution in [2.45, 2.75) is 25.5 Å². The van der Waals surface area contributed by atoms with Gasteiger partial charge in [0, 0.05) is 5.92 Å². The van der Waals surface area contributed by atoms with Crippen LogP contribution in [0.2, 0.25) is 0 Å². The zero-order chi connectivity index (χ0) is 18.1. The summed E-state index contributed by atoms with van der Waals surface area (Å²) in [4.78, 5) is 5.01. The third kappa shape index (κ3) is 2.79. The number of nitrogens with zero attached hydrogens (tertiary/aromatic N) is 1. The van der Waals surface area contributed by atoms with Crippen molar-refractivity contribution in [3.8, 4) is 0 Å². The molecule has 0 saturated heterocycles. The van der Waals surface area contributed by atoms with Gasteiger partial charge < -0.3 is 0 Å². The smallest absolute Gasteiger partial charge is 0.0962 e. The molecule has 0 aromatic heterocycles. The summed E-state index contributed by atoms with van der Waals surface area (Å²) in [6, 6.07) is 21.8. The lowest BCUT2D eigenvalue weighted by molar-refractivity contribution is 0.648. The molecule has 0 radical (unpaired) electrons. The number of thioether (sulfide) groups is 1. The van der Waals surface area contributed by atoms with Gasteiger partial charge in [0.25, 0.3) is 0 Å². The molecule has 0 N–H and O–H groups in total. The Bertz CT molecular complexity index is 889. The van der Waals surface area contributed by atoms with Gasteiger partial charge in [-0.15, -0.1) is 0 Å². The van der Waals surface area contributed by atoms with Crippen LogP contribution in [-0.4, -0.2) is 5.71 Å². The van der Waals surface area contributed by atoms with Crippen LogP contribution in [0.25, 0.3) is 0 Å². The zero-order valence-corrected chi connectivity index (χ0v) is 16.3. The van der Waals surface area contributed by atoms with Crippen LogP contribution in [0.5, 0.6) is 0 Å². The van der Waals surface area contributed by atoms with Crippen LogP contribution in [0, 0.1) is 5.92 Å². The average molecular weight is 358 g/mol. The van der Waals surface area contributed by atoms with Crippen molar-refractivity contribution in [3.63, 3.8) is 0 Å². The molecule has 1 aliphatic carbocycles. The van der Waals surface area contributed by atoms with Crippen molar-refractivity contribution in [1.82, 2.24) is 0 Å². The highest BCUT2D eigenvalue weighted by atomic mass is 32.2. The van der Waals surface area contributed by atoms with Crippen LogP contribution in [0.15, 0.2) is 100 Å². The Kier molecular flexibility index (Phi) is 4.46. The number of aliphatic imine (C=N–C) groups is 1. The molecule has 2 heteroatoms. The minimum atomic E-state index is -0.210. The lowest BCUT2D eigenvalue weighted by Gasteiger charge is -2.44. The van der Waals surface area contributed by atoms with E-state index in [-0.39, 0.29) is 10.7 Å². The van der Waals surface area contributed by atoms with Crippen LogP contribution in [0.1, 0.15) is 31.9 Å². The maximum Gasteiger partial charge on any atom is 0.0962 e. The Hall–Kier alpha value is -2.32. The number of hydrogen-bond donors (Lipinski definition) is 0. The van der Waals surface area contributed by atoms with Gasteiger partial charge in [-0.05, 0) is 43.5 Å². The molecule has 1 atom stereocenters. The van der Waals surface area contributed by atoms with E-state index < -0.39 is 0 Å². The molecule has 1 heterocycles. The number of benzene rings is 2. The van der Waals surface area contributed by atoms with Gasteiger partial charge in [0.05, 0.1) is 15.5 Å². The second-order valence-electron chi connectivity index (χ2n) is 7.13. The second-order valence-corrected chi connectivity index (χ2v) is 8.37. The normalized spacial score (nSPS) is 20.9. The van der Waals surface area contributed by atoms with Crippen molar-refractivity contribution in [2.75, 3.05) is 0 Å². The largest absolute Gasteiger partial charge is 0.246 e. The van der Waals surface area contributed by atoms with Crippen LogP contribution in [-0.2, 0) is 4.75 Å². The molecule has 2 aromatic carbocycles. The van der Waals surface area contributed by atoms with Gasteiger partial charge in [-0.1, -0.05) is 90.2 Å². The topological polar surface area (TPSA) is 12.4 Å². The summed E-state index contributed by atoms with van der Waals surface area (Å²) < 4.78 is -0.210. The molecule has 1 unspecified atom stereocenters. The molecule has 0 spiro atoms. The predicted molar refractivity (Wildman–Crippen MR) is 113 cm³/mol. The highest BCUT2D eigenvalue weighted by molar-refractivity contribution is 8.04. The standard InChI is InChI=1S/C24H23NS/c1-17(2)23-25-22-15-14-18(3)16-21(22)24(26-23,19-10-6-4-7-11-19)20-12-8-5-9-13-20/h4-16,21H,1-3H3. The molecule has 0 saturated carbocycles. The van der Waals surface area contributed by atoms with E-state index in [2.05, 4.69) is 99.7 Å². The van der Waals surface area contributed by atoms with E-state index >= 15 is 0 Å². The minimum absolute atomic E-state index is 0.210. The summed E-state index contributed by atoms with van der Waals surface area (Å²) in [5, 5.41) is 1.13. The molecule has 26 heavy (non-hydrogen) atoms. The molecule has 1 nitrogen and oxygen atoms in total. The Morgan fingerprint density at radius 3 is 2.00 bits per heavy atom. The Balaban J connectivity index is 2.05. The van der Waals surface area contributed by atoms with Gasteiger partial charge in [0.1, 0.15) is 0 Å². The number of hydrogen-bond acceptors (Lipinski definition) is 2. The minimum Gasteiger partial charge on any atom is -0.246 e. The first-order chi connectivity index (χ1) is 12.6. The van der Waals surface area contributed by atoms with Gasteiger partial charge >= 0.3 is 0 Å². The third-order valence-corrected chi connectivity index (χ3v) is 6.76. The molecule has 1 aliphatic heterocycles. The maximum absolute atomic E-state index is 5.01. The molecule has 2 aliphatic rings. The highest BCUT2D eigenvalue weighted by Crippen LogP contribution is 2.56. The third-order valence-electron chi connectivity index (χ3n) is 5.02. The molecular weight excluding hydrogens is 334 g/mol. The van der Waals surface area contributed by atoms with Crippen molar-refractivity contribution >= 4 is 17.5 Å². The van der Waals surface area contributed by atoms with E-state index in [1.165, 1.54) is 22.3 Å². The van der Waals surface area contributed by atoms with E-state index in [1.54, 1.807) is 0 Å². The van der Waals surface area contributed by atoms with Gasteiger partial charge in [0.2, 0.25) is 0 Å².